The van der Waals surface area contributed by atoms with Gasteiger partial charge in [-0.3, -0.25) is 0 Å². The number of anilines is 1. The van der Waals surface area contributed by atoms with Gasteiger partial charge in [0.2, 0.25) is 0 Å². The van der Waals surface area contributed by atoms with Gasteiger partial charge in [0.25, 0.3) is 0 Å². The zero-order chi connectivity index (χ0) is 21.6. The number of thiazole rings is 1. The molecular weight excluding hydrogens is 432 g/mol. The van der Waals surface area contributed by atoms with E-state index in [4.69, 9.17) is 0 Å². The quantitative estimate of drug-likeness (QED) is 0.474. The number of aromatic nitrogens is 3. The van der Waals surface area contributed by atoms with Crippen molar-refractivity contribution in [3.8, 4) is 0 Å². The van der Waals surface area contributed by atoms with Gasteiger partial charge in [0, 0.05) is 12.8 Å². The van der Waals surface area contributed by atoms with Crippen LogP contribution in [0.1, 0.15) is 31.2 Å². The molecule has 2 atom stereocenters. The lowest BCUT2D eigenvalue weighted by Crippen LogP contribution is -2.36. The summed E-state index contributed by atoms with van der Waals surface area (Å²) in [5.74, 6) is 0. The Kier molecular flexibility index (Phi) is 5.19. The van der Waals surface area contributed by atoms with Crippen molar-refractivity contribution >= 4 is 47.6 Å². The minimum atomic E-state index is -3.26. The number of nitrogens with zero attached hydrogens (tertiary/aromatic N) is 3. The first-order valence-electron chi connectivity index (χ1n) is 10.4. The lowest BCUT2D eigenvalue weighted by atomic mass is 9.93. The van der Waals surface area contributed by atoms with Crippen LogP contribution in [-0.4, -0.2) is 46.5 Å². The SMILES string of the molecule is CS(=O)(=O)c1ccc2c(c1)ncn2Cc1ccc2nc(N[C@@H]3CCCC[C@H]3O)sc2c1. The highest BCUT2D eigenvalue weighted by Crippen LogP contribution is 2.30. The van der Waals surface area contributed by atoms with Gasteiger partial charge < -0.3 is 15.0 Å². The second-order valence-electron chi connectivity index (χ2n) is 8.22. The molecule has 0 radical (unpaired) electrons. The van der Waals surface area contributed by atoms with Crippen LogP contribution in [0.15, 0.2) is 47.6 Å². The van der Waals surface area contributed by atoms with Crippen LogP contribution in [0, 0.1) is 0 Å². The number of hydrogen-bond acceptors (Lipinski definition) is 7. The summed E-state index contributed by atoms with van der Waals surface area (Å²) >= 11 is 1.60. The first-order chi connectivity index (χ1) is 14.9. The van der Waals surface area contributed by atoms with E-state index in [-0.39, 0.29) is 17.0 Å². The smallest absolute Gasteiger partial charge is 0.184 e. The normalized spacial score (nSPS) is 19.8. The van der Waals surface area contributed by atoms with Gasteiger partial charge in [-0.15, -0.1) is 0 Å². The summed E-state index contributed by atoms with van der Waals surface area (Å²) in [6.45, 7) is 0.632. The largest absolute Gasteiger partial charge is 0.391 e. The van der Waals surface area contributed by atoms with E-state index in [0.29, 0.717) is 12.1 Å². The molecule has 0 amide bonds. The van der Waals surface area contributed by atoms with Gasteiger partial charge in [0.15, 0.2) is 15.0 Å². The number of aliphatic hydroxyl groups is 1. The fourth-order valence-corrected chi connectivity index (χ4v) is 5.80. The third kappa shape index (κ3) is 4.17. The molecule has 1 saturated carbocycles. The average molecular weight is 457 g/mol. The minimum absolute atomic E-state index is 0.0721. The molecule has 1 aliphatic rings. The van der Waals surface area contributed by atoms with Crippen LogP contribution < -0.4 is 5.32 Å². The van der Waals surface area contributed by atoms with E-state index in [1.165, 1.54) is 6.26 Å². The van der Waals surface area contributed by atoms with Crippen molar-refractivity contribution in [3.05, 3.63) is 48.3 Å². The molecule has 0 unspecified atom stereocenters. The molecule has 162 valence electrons. The predicted molar refractivity (Wildman–Crippen MR) is 123 cm³/mol. The van der Waals surface area contributed by atoms with Crippen LogP contribution in [0.5, 0.6) is 0 Å². The van der Waals surface area contributed by atoms with Crippen molar-refractivity contribution in [2.75, 3.05) is 11.6 Å². The fourth-order valence-electron chi connectivity index (χ4n) is 4.16. The van der Waals surface area contributed by atoms with Crippen LogP contribution in [0.25, 0.3) is 21.3 Å². The van der Waals surface area contributed by atoms with E-state index in [1.807, 2.05) is 10.6 Å². The molecule has 0 spiro atoms. The third-order valence-electron chi connectivity index (χ3n) is 5.86. The molecular formula is C22H24N4O3S2. The first kappa shape index (κ1) is 20.4. The maximum atomic E-state index is 11.8. The molecule has 0 aliphatic heterocycles. The van der Waals surface area contributed by atoms with Gasteiger partial charge in [-0.1, -0.05) is 30.2 Å². The number of imidazole rings is 1. The van der Waals surface area contributed by atoms with E-state index in [0.717, 1.165) is 52.1 Å². The molecule has 2 aromatic carbocycles. The van der Waals surface area contributed by atoms with Crippen molar-refractivity contribution in [2.45, 2.75) is 49.3 Å². The zero-order valence-electron chi connectivity index (χ0n) is 17.2. The standard InChI is InChI=1S/C22H24N4O3S2/c1-31(28,29)15-7-9-19-18(11-15)23-13-26(19)12-14-6-8-17-21(10-14)30-22(25-17)24-16-4-2-3-5-20(16)27/h6-11,13,16,20,27H,2-5,12H2,1H3,(H,24,25)/t16-,20-/m1/s1. The second kappa shape index (κ2) is 7.89. The Labute approximate surface area is 184 Å². The highest BCUT2D eigenvalue weighted by atomic mass is 32.2. The minimum Gasteiger partial charge on any atom is -0.391 e. The van der Waals surface area contributed by atoms with Crippen LogP contribution in [0.3, 0.4) is 0 Å². The number of sulfone groups is 1. The summed E-state index contributed by atoms with van der Waals surface area (Å²) in [6, 6.07) is 11.3. The molecule has 2 aromatic heterocycles. The topological polar surface area (TPSA) is 97.1 Å². The van der Waals surface area contributed by atoms with Crippen LogP contribution in [0.4, 0.5) is 5.13 Å². The Morgan fingerprint density at radius 1 is 1.16 bits per heavy atom. The first-order valence-corrected chi connectivity index (χ1v) is 13.1. The molecule has 5 rings (SSSR count). The maximum absolute atomic E-state index is 11.8. The predicted octanol–water partition coefficient (Wildman–Crippen LogP) is 3.81. The average Bonchev–Trinajstić information content (AvgIpc) is 3.32. The summed E-state index contributed by atoms with van der Waals surface area (Å²) in [5.41, 5.74) is 3.62. The summed E-state index contributed by atoms with van der Waals surface area (Å²) in [7, 11) is -3.26. The van der Waals surface area contributed by atoms with Gasteiger partial charge in [0.1, 0.15) is 0 Å². The third-order valence-corrected chi connectivity index (χ3v) is 7.92. The molecule has 0 saturated heterocycles. The molecule has 0 bridgehead atoms. The van der Waals surface area contributed by atoms with Gasteiger partial charge >= 0.3 is 0 Å². The summed E-state index contributed by atoms with van der Waals surface area (Å²) < 4.78 is 26.7. The van der Waals surface area contributed by atoms with Gasteiger partial charge in [-0.05, 0) is 48.7 Å². The molecule has 9 heteroatoms. The molecule has 2 N–H and O–H groups in total. The molecule has 1 fully saturated rings. The number of benzene rings is 2. The van der Waals surface area contributed by atoms with E-state index in [2.05, 4.69) is 27.4 Å². The monoisotopic (exact) mass is 456 g/mol. The maximum Gasteiger partial charge on any atom is 0.184 e. The Morgan fingerprint density at radius 2 is 2.00 bits per heavy atom. The summed E-state index contributed by atoms with van der Waals surface area (Å²) in [6.07, 6.45) is 6.66. The van der Waals surface area contributed by atoms with Crippen molar-refractivity contribution in [2.24, 2.45) is 0 Å². The second-order valence-corrected chi connectivity index (χ2v) is 11.3. The van der Waals surface area contributed by atoms with Crippen LogP contribution in [0.2, 0.25) is 0 Å². The van der Waals surface area contributed by atoms with Gasteiger partial charge in [-0.25, -0.2) is 18.4 Å². The summed E-state index contributed by atoms with van der Waals surface area (Å²) in [5, 5.41) is 14.5. The van der Waals surface area contributed by atoms with E-state index < -0.39 is 9.84 Å². The molecule has 31 heavy (non-hydrogen) atoms. The zero-order valence-corrected chi connectivity index (χ0v) is 18.8. The molecule has 7 nitrogen and oxygen atoms in total. The summed E-state index contributed by atoms with van der Waals surface area (Å²) in [4.78, 5) is 9.34. The highest BCUT2D eigenvalue weighted by molar-refractivity contribution is 7.90. The number of hydrogen-bond donors (Lipinski definition) is 2. The van der Waals surface area contributed by atoms with E-state index in [1.54, 1.807) is 35.9 Å². The Balaban J connectivity index is 1.38. The number of rotatable bonds is 5. The van der Waals surface area contributed by atoms with Crippen molar-refractivity contribution in [3.63, 3.8) is 0 Å². The number of aliphatic hydroxyl groups excluding tert-OH is 1. The van der Waals surface area contributed by atoms with Crippen LogP contribution >= 0.6 is 11.3 Å². The van der Waals surface area contributed by atoms with Crippen molar-refractivity contribution < 1.29 is 13.5 Å². The molecule has 1 aliphatic carbocycles. The number of fused-ring (bicyclic) bond motifs is 2. The number of nitrogens with one attached hydrogen (secondary N) is 1. The van der Waals surface area contributed by atoms with Gasteiger partial charge in [-0.2, -0.15) is 0 Å². The van der Waals surface area contributed by atoms with E-state index in [9.17, 15) is 13.5 Å². The fraction of sp³-hybridized carbons (Fsp3) is 0.364. The Morgan fingerprint density at radius 3 is 2.81 bits per heavy atom. The Hall–Kier alpha value is -2.49. The lowest BCUT2D eigenvalue weighted by Gasteiger charge is -2.27. The van der Waals surface area contributed by atoms with Gasteiger partial charge in [0.05, 0.1) is 44.6 Å². The van der Waals surface area contributed by atoms with Crippen molar-refractivity contribution in [1.82, 2.24) is 14.5 Å². The lowest BCUT2D eigenvalue weighted by molar-refractivity contribution is 0.116. The van der Waals surface area contributed by atoms with Crippen molar-refractivity contribution in [1.29, 1.82) is 0 Å². The molecule has 4 aromatic rings. The molecule has 2 heterocycles. The Bertz CT molecular complexity index is 1360. The van der Waals surface area contributed by atoms with Crippen LogP contribution in [-0.2, 0) is 16.4 Å². The highest BCUT2D eigenvalue weighted by Gasteiger charge is 2.23. The van der Waals surface area contributed by atoms with E-state index >= 15 is 0 Å².